The predicted octanol–water partition coefficient (Wildman–Crippen LogP) is 1.90. The molecule has 1 atom stereocenters. The molecule has 7 heteroatoms. The number of benzene rings is 1. The first-order valence-electron chi connectivity index (χ1n) is 7.56. The second-order valence-electron chi connectivity index (χ2n) is 5.95. The van der Waals surface area contributed by atoms with E-state index < -0.39 is 5.82 Å². The zero-order valence-electron chi connectivity index (χ0n) is 13.3. The molecule has 1 unspecified atom stereocenters. The molecule has 0 bridgehead atoms. The van der Waals surface area contributed by atoms with E-state index in [1.165, 1.54) is 23.1 Å². The Bertz CT molecular complexity index is 595. The number of anilines is 1. The fraction of sp³-hybridized carbons (Fsp3) is 0.500. The zero-order chi connectivity index (χ0) is 17.0. The maximum atomic E-state index is 13.2. The smallest absolute Gasteiger partial charge is 0.227 e. The van der Waals surface area contributed by atoms with Crippen molar-refractivity contribution >= 4 is 29.1 Å². The summed E-state index contributed by atoms with van der Waals surface area (Å²) in [5.41, 5.74) is 0.518. The summed E-state index contributed by atoms with van der Waals surface area (Å²) in [4.78, 5) is 27.8. The largest absolute Gasteiger partial charge is 0.356 e. The topological polar surface area (TPSA) is 52.7 Å². The maximum absolute atomic E-state index is 13.2. The highest BCUT2D eigenvalue weighted by molar-refractivity contribution is 6.31. The molecule has 1 heterocycles. The number of hydrogen-bond donors (Lipinski definition) is 1. The molecule has 1 aromatic carbocycles. The first kappa shape index (κ1) is 17.7. The van der Waals surface area contributed by atoms with Crippen LogP contribution in [0.4, 0.5) is 10.1 Å². The molecule has 5 nitrogen and oxygen atoms in total. The van der Waals surface area contributed by atoms with Crippen LogP contribution in [0.2, 0.25) is 5.02 Å². The zero-order valence-corrected chi connectivity index (χ0v) is 14.1. The Labute approximate surface area is 140 Å². The van der Waals surface area contributed by atoms with E-state index in [1.807, 2.05) is 19.0 Å². The number of rotatable bonds is 6. The predicted molar refractivity (Wildman–Crippen MR) is 88.1 cm³/mol. The summed E-state index contributed by atoms with van der Waals surface area (Å²) < 4.78 is 13.2. The summed E-state index contributed by atoms with van der Waals surface area (Å²) in [6, 6.07) is 4.13. The van der Waals surface area contributed by atoms with E-state index >= 15 is 0 Å². The minimum atomic E-state index is -0.530. The molecule has 1 aliphatic rings. The third-order valence-electron chi connectivity index (χ3n) is 3.79. The molecule has 0 radical (unpaired) electrons. The van der Waals surface area contributed by atoms with Gasteiger partial charge in [-0.1, -0.05) is 11.6 Å². The van der Waals surface area contributed by atoms with Crippen LogP contribution in [0.1, 0.15) is 12.8 Å². The maximum Gasteiger partial charge on any atom is 0.227 e. The summed E-state index contributed by atoms with van der Waals surface area (Å²) in [6.07, 6.45) is 1.02. The third kappa shape index (κ3) is 4.65. The van der Waals surface area contributed by atoms with Crippen LogP contribution in [0.3, 0.4) is 0 Å². The Morgan fingerprint density at radius 1 is 1.48 bits per heavy atom. The summed E-state index contributed by atoms with van der Waals surface area (Å²) in [7, 11) is 3.95. The summed E-state index contributed by atoms with van der Waals surface area (Å²) in [5.74, 6) is -1.18. The lowest BCUT2D eigenvalue weighted by molar-refractivity contribution is -0.126. The number of hydrogen-bond acceptors (Lipinski definition) is 3. The molecule has 2 rings (SSSR count). The SMILES string of the molecule is CN(C)CCCNC(=O)C1CC(=O)N(c2ccc(F)c(Cl)c2)C1. The second kappa shape index (κ2) is 7.75. The van der Waals surface area contributed by atoms with Gasteiger partial charge in [-0.25, -0.2) is 4.39 Å². The number of amides is 2. The first-order valence-corrected chi connectivity index (χ1v) is 7.94. The van der Waals surface area contributed by atoms with E-state index in [-0.39, 0.29) is 29.2 Å². The van der Waals surface area contributed by atoms with Crippen LogP contribution in [0, 0.1) is 11.7 Å². The Balaban J connectivity index is 1.91. The van der Waals surface area contributed by atoms with Gasteiger partial charge >= 0.3 is 0 Å². The van der Waals surface area contributed by atoms with E-state index in [1.54, 1.807) is 0 Å². The van der Waals surface area contributed by atoms with Crippen LogP contribution in [0.5, 0.6) is 0 Å². The van der Waals surface area contributed by atoms with Crippen molar-refractivity contribution in [3.05, 3.63) is 29.0 Å². The molecule has 0 saturated carbocycles. The van der Waals surface area contributed by atoms with Crippen LogP contribution >= 0.6 is 11.6 Å². The number of nitrogens with zero attached hydrogens (tertiary/aromatic N) is 2. The lowest BCUT2D eigenvalue weighted by Gasteiger charge is -2.17. The minimum Gasteiger partial charge on any atom is -0.356 e. The Morgan fingerprint density at radius 2 is 2.22 bits per heavy atom. The summed E-state index contributed by atoms with van der Waals surface area (Å²) in [6.45, 7) is 1.77. The molecule has 0 aromatic heterocycles. The standard InChI is InChI=1S/C16H21ClFN3O2/c1-20(2)7-3-6-19-16(23)11-8-15(22)21(10-11)12-4-5-14(18)13(17)9-12/h4-5,9,11H,3,6-8,10H2,1-2H3,(H,19,23). The Morgan fingerprint density at radius 3 is 2.87 bits per heavy atom. The van der Waals surface area contributed by atoms with E-state index in [4.69, 9.17) is 11.6 Å². The van der Waals surface area contributed by atoms with Gasteiger partial charge in [0.25, 0.3) is 0 Å². The fourth-order valence-electron chi connectivity index (χ4n) is 2.54. The Kier molecular flexibility index (Phi) is 5.96. The number of carbonyl (C=O) groups is 2. The second-order valence-corrected chi connectivity index (χ2v) is 6.36. The monoisotopic (exact) mass is 341 g/mol. The molecule has 1 fully saturated rings. The van der Waals surface area contributed by atoms with Gasteiger partial charge < -0.3 is 15.1 Å². The van der Waals surface area contributed by atoms with Crippen LogP contribution in [0.25, 0.3) is 0 Å². The van der Waals surface area contributed by atoms with Crippen molar-refractivity contribution in [1.29, 1.82) is 0 Å². The normalized spacial score (nSPS) is 17.9. The molecule has 1 aromatic rings. The van der Waals surface area contributed by atoms with Gasteiger partial charge in [0.1, 0.15) is 5.82 Å². The first-order chi connectivity index (χ1) is 10.9. The van der Waals surface area contributed by atoms with Crippen molar-refractivity contribution in [2.24, 2.45) is 5.92 Å². The fourth-order valence-corrected chi connectivity index (χ4v) is 2.71. The van der Waals surface area contributed by atoms with E-state index in [2.05, 4.69) is 5.32 Å². The highest BCUT2D eigenvalue weighted by Crippen LogP contribution is 2.28. The van der Waals surface area contributed by atoms with Crippen molar-refractivity contribution in [2.45, 2.75) is 12.8 Å². The lowest BCUT2D eigenvalue weighted by atomic mass is 10.1. The molecule has 0 spiro atoms. The lowest BCUT2D eigenvalue weighted by Crippen LogP contribution is -2.34. The quantitative estimate of drug-likeness (QED) is 0.804. The van der Waals surface area contributed by atoms with Gasteiger partial charge in [-0.05, 0) is 45.3 Å². The number of halogens is 2. The van der Waals surface area contributed by atoms with Gasteiger partial charge in [0, 0.05) is 25.2 Å². The molecule has 1 N–H and O–H groups in total. The highest BCUT2D eigenvalue weighted by Gasteiger charge is 2.35. The van der Waals surface area contributed by atoms with E-state index in [0.29, 0.717) is 18.8 Å². The molecule has 1 saturated heterocycles. The van der Waals surface area contributed by atoms with Crippen molar-refractivity contribution in [1.82, 2.24) is 10.2 Å². The van der Waals surface area contributed by atoms with Crippen LogP contribution < -0.4 is 10.2 Å². The van der Waals surface area contributed by atoms with Crippen molar-refractivity contribution in [2.75, 3.05) is 38.6 Å². The van der Waals surface area contributed by atoms with Gasteiger partial charge in [-0.15, -0.1) is 0 Å². The molecule has 0 aliphatic carbocycles. The van der Waals surface area contributed by atoms with Crippen molar-refractivity contribution in [3.8, 4) is 0 Å². The van der Waals surface area contributed by atoms with E-state index in [9.17, 15) is 14.0 Å². The van der Waals surface area contributed by atoms with E-state index in [0.717, 1.165) is 13.0 Å². The van der Waals surface area contributed by atoms with Gasteiger partial charge in [-0.2, -0.15) is 0 Å². The van der Waals surface area contributed by atoms with Crippen molar-refractivity contribution in [3.63, 3.8) is 0 Å². The van der Waals surface area contributed by atoms with Crippen LogP contribution in [0.15, 0.2) is 18.2 Å². The Hall–Kier alpha value is -1.66. The van der Waals surface area contributed by atoms with Gasteiger partial charge in [-0.3, -0.25) is 9.59 Å². The molecule has 1 aliphatic heterocycles. The summed E-state index contributed by atoms with van der Waals surface area (Å²) >= 11 is 5.75. The highest BCUT2D eigenvalue weighted by atomic mass is 35.5. The van der Waals surface area contributed by atoms with Gasteiger partial charge in [0.15, 0.2) is 0 Å². The molecular formula is C16H21ClFN3O2. The molecular weight excluding hydrogens is 321 g/mol. The number of nitrogens with one attached hydrogen (secondary N) is 1. The average Bonchev–Trinajstić information content (AvgIpc) is 2.88. The minimum absolute atomic E-state index is 0.0353. The molecule has 2 amide bonds. The third-order valence-corrected chi connectivity index (χ3v) is 4.08. The van der Waals surface area contributed by atoms with Gasteiger partial charge in [0.2, 0.25) is 11.8 Å². The van der Waals surface area contributed by atoms with Crippen LogP contribution in [-0.4, -0.2) is 50.4 Å². The number of carbonyl (C=O) groups excluding carboxylic acids is 2. The molecule has 126 valence electrons. The summed E-state index contributed by atoms with van der Waals surface area (Å²) in [5, 5.41) is 2.83. The van der Waals surface area contributed by atoms with Crippen LogP contribution in [-0.2, 0) is 9.59 Å². The molecule has 23 heavy (non-hydrogen) atoms. The van der Waals surface area contributed by atoms with Gasteiger partial charge in [0.05, 0.1) is 10.9 Å². The average molecular weight is 342 g/mol. The van der Waals surface area contributed by atoms with Crippen molar-refractivity contribution < 1.29 is 14.0 Å².